The fourth-order valence-corrected chi connectivity index (χ4v) is 3.67. The summed E-state index contributed by atoms with van der Waals surface area (Å²) in [5.41, 5.74) is 2.82. The van der Waals surface area contributed by atoms with Crippen LogP contribution in [0.3, 0.4) is 0 Å². The minimum Gasteiger partial charge on any atom is -0.439 e. The highest BCUT2D eigenvalue weighted by Gasteiger charge is 2.19. The van der Waals surface area contributed by atoms with E-state index in [2.05, 4.69) is 10.2 Å². The fraction of sp³-hybridized carbons (Fsp3) is 0.375. The number of aromatic nitrogens is 2. The number of para-hydroxylation sites is 1. The van der Waals surface area contributed by atoms with Gasteiger partial charge in [-0.05, 0) is 62.8 Å². The van der Waals surface area contributed by atoms with Gasteiger partial charge < -0.3 is 14.8 Å². The van der Waals surface area contributed by atoms with Crippen LogP contribution in [-0.4, -0.2) is 54.1 Å². The van der Waals surface area contributed by atoms with Crippen LogP contribution in [0.15, 0.2) is 54.6 Å². The molecule has 4 rings (SSSR count). The molecule has 1 saturated heterocycles. The first kappa shape index (κ1) is 21.5. The van der Waals surface area contributed by atoms with E-state index in [-0.39, 0.29) is 5.82 Å². The van der Waals surface area contributed by atoms with Crippen LogP contribution in [-0.2, 0) is 11.3 Å². The first-order chi connectivity index (χ1) is 15.2. The number of nitrogens with one attached hydrogen (secondary N) is 1. The van der Waals surface area contributed by atoms with Crippen molar-refractivity contribution in [1.29, 1.82) is 0 Å². The Morgan fingerprint density at radius 2 is 1.81 bits per heavy atom. The van der Waals surface area contributed by atoms with Gasteiger partial charge in [0, 0.05) is 19.6 Å². The fourth-order valence-electron chi connectivity index (χ4n) is 3.67. The second-order valence-electron chi connectivity index (χ2n) is 7.66. The van der Waals surface area contributed by atoms with Gasteiger partial charge in [0.15, 0.2) is 0 Å². The normalized spacial score (nSPS) is 14.6. The molecule has 1 aromatic heterocycles. The molecule has 6 nitrogen and oxygen atoms in total. The van der Waals surface area contributed by atoms with Crippen molar-refractivity contribution in [2.45, 2.75) is 19.9 Å². The highest BCUT2D eigenvalue weighted by Crippen LogP contribution is 2.30. The van der Waals surface area contributed by atoms with Crippen LogP contribution in [0, 0.1) is 12.7 Å². The molecule has 0 bridgehead atoms. The lowest BCUT2D eigenvalue weighted by molar-refractivity contribution is 0.0374. The standard InChI is InChI=1S/C24H29FN4O2/c1-19-23(18-26-12-5-13-28-14-16-30-17-15-28)24(31-22-10-8-20(25)9-11-22)29(27-19)21-6-3-2-4-7-21/h2-4,6-11,26H,5,12-18H2,1H3. The van der Waals surface area contributed by atoms with Crippen molar-refractivity contribution in [2.75, 3.05) is 39.4 Å². The Balaban J connectivity index is 1.46. The van der Waals surface area contributed by atoms with Gasteiger partial charge in [0.25, 0.3) is 0 Å². The Bertz CT molecular complexity index is 954. The smallest absolute Gasteiger partial charge is 0.227 e. The van der Waals surface area contributed by atoms with Crippen molar-refractivity contribution in [3.63, 3.8) is 0 Å². The molecule has 2 aromatic carbocycles. The second-order valence-corrected chi connectivity index (χ2v) is 7.66. The highest BCUT2D eigenvalue weighted by atomic mass is 19.1. The molecule has 0 saturated carbocycles. The summed E-state index contributed by atoms with van der Waals surface area (Å²) in [6.07, 6.45) is 1.07. The molecule has 0 atom stereocenters. The molecule has 164 valence electrons. The Labute approximate surface area is 182 Å². The van der Waals surface area contributed by atoms with E-state index >= 15 is 0 Å². The first-order valence-electron chi connectivity index (χ1n) is 10.8. The molecule has 1 N–H and O–H groups in total. The lowest BCUT2D eigenvalue weighted by Gasteiger charge is -2.26. The number of rotatable bonds is 9. The minimum absolute atomic E-state index is 0.290. The van der Waals surface area contributed by atoms with Crippen LogP contribution < -0.4 is 10.1 Å². The molecule has 0 radical (unpaired) electrons. The molecule has 0 spiro atoms. The summed E-state index contributed by atoms with van der Waals surface area (Å²) in [7, 11) is 0. The van der Waals surface area contributed by atoms with Gasteiger partial charge in [0.05, 0.1) is 30.2 Å². The molecular formula is C24H29FN4O2. The molecule has 3 aromatic rings. The third-order valence-electron chi connectivity index (χ3n) is 5.40. The molecule has 1 aliphatic rings. The third-order valence-corrected chi connectivity index (χ3v) is 5.40. The zero-order valence-electron chi connectivity index (χ0n) is 17.9. The first-order valence-corrected chi connectivity index (χ1v) is 10.8. The molecule has 1 fully saturated rings. The van der Waals surface area contributed by atoms with Crippen molar-refractivity contribution in [3.05, 3.63) is 71.7 Å². The number of aryl methyl sites for hydroxylation is 1. The molecule has 31 heavy (non-hydrogen) atoms. The maximum Gasteiger partial charge on any atom is 0.227 e. The van der Waals surface area contributed by atoms with Crippen molar-refractivity contribution >= 4 is 0 Å². The van der Waals surface area contributed by atoms with Gasteiger partial charge in [0.1, 0.15) is 11.6 Å². The van der Waals surface area contributed by atoms with Gasteiger partial charge in [0.2, 0.25) is 5.88 Å². The summed E-state index contributed by atoms with van der Waals surface area (Å²) in [6.45, 7) is 8.29. The molecule has 0 amide bonds. The van der Waals surface area contributed by atoms with Crippen molar-refractivity contribution in [1.82, 2.24) is 20.0 Å². The predicted molar refractivity (Wildman–Crippen MR) is 118 cm³/mol. The van der Waals surface area contributed by atoms with E-state index in [4.69, 9.17) is 14.6 Å². The monoisotopic (exact) mass is 424 g/mol. The lowest BCUT2D eigenvalue weighted by atomic mass is 10.2. The number of halogens is 1. The molecule has 7 heteroatoms. The molecule has 2 heterocycles. The Morgan fingerprint density at radius 1 is 1.06 bits per heavy atom. The predicted octanol–water partition coefficient (Wildman–Crippen LogP) is 3.92. The largest absolute Gasteiger partial charge is 0.439 e. The molecular weight excluding hydrogens is 395 g/mol. The van der Waals surface area contributed by atoms with Crippen molar-refractivity contribution < 1.29 is 13.9 Å². The van der Waals surface area contributed by atoms with Crippen molar-refractivity contribution in [3.8, 4) is 17.3 Å². The van der Waals surface area contributed by atoms with Gasteiger partial charge in [-0.25, -0.2) is 9.07 Å². The topological polar surface area (TPSA) is 51.5 Å². The zero-order chi connectivity index (χ0) is 21.5. The van der Waals surface area contributed by atoms with Gasteiger partial charge in [-0.15, -0.1) is 0 Å². The van der Waals surface area contributed by atoms with Gasteiger partial charge in [-0.3, -0.25) is 4.90 Å². The van der Waals surface area contributed by atoms with Crippen molar-refractivity contribution in [2.24, 2.45) is 0 Å². The Hall–Kier alpha value is -2.74. The van der Waals surface area contributed by atoms with E-state index in [1.807, 2.05) is 41.9 Å². The van der Waals surface area contributed by atoms with E-state index in [1.54, 1.807) is 12.1 Å². The van der Waals surface area contributed by atoms with Crippen LogP contribution in [0.1, 0.15) is 17.7 Å². The third kappa shape index (κ3) is 5.70. The number of benzene rings is 2. The number of hydrogen-bond donors (Lipinski definition) is 1. The summed E-state index contributed by atoms with van der Waals surface area (Å²) in [6, 6.07) is 15.9. The average molecular weight is 425 g/mol. The summed E-state index contributed by atoms with van der Waals surface area (Å²) < 4.78 is 26.7. The van der Waals surface area contributed by atoms with Crippen LogP contribution in [0.2, 0.25) is 0 Å². The van der Waals surface area contributed by atoms with Crippen LogP contribution in [0.25, 0.3) is 5.69 Å². The maximum absolute atomic E-state index is 13.3. The van der Waals surface area contributed by atoms with E-state index in [1.165, 1.54) is 12.1 Å². The number of nitrogens with zero attached hydrogens (tertiary/aromatic N) is 3. The van der Waals surface area contributed by atoms with Gasteiger partial charge in [-0.1, -0.05) is 18.2 Å². The zero-order valence-corrected chi connectivity index (χ0v) is 17.9. The minimum atomic E-state index is -0.290. The van der Waals surface area contributed by atoms with E-state index < -0.39 is 0 Å². The second kappa shape index (κ2) is 10.5. The highest BCUT2D eigenvalue weighted by molar-refractivity contribution is 5.43. The molecule has 1 aliphatic heterocycles. The summed E-state index contributed by atoms with van der Waals surface area (Å²) in [5.74, 6) is 0.935. The maximum atomic E-state index is 13.3. The average Bonchev–Trinajstić information content (AvgIpc) is 3.11. The van der Waals surface area contributed by atoms with Gasteiger partial charge in [-0.2, -0.15) is 5.10 Å². The summed E-state index contributed by atoms with van der Waals surface area (Å²) >= 11 is 0. The number of morpholine rings is 1. The molecule has 0 aliphatic carbocycles. The van der Waals surface area contributed by atoms with E-state index in [0.29, 0.717) is 18.2 Å². The van der Waals surface area contributed by atoms with E-state index in [0.717, 1.165) is 62.8 Å². The van der Waals surface area contributed by atoms with E-state index in [9.17, 15) is 4.39 Å². The SMILES string of the molecule is Cc1nn(-c2ccccc2)c(Oc2ccc(F)cc2)c1CNCCCN1CCOCC1. The summed E-state index contributed by atoms with van der Waals surface area (Å²) in [5, 5.41) is 8.25. The number of ether oxygens (including phenoxy) is 2. The van der Waals surface area contributed by atoms with Crippen LogP contribution in [0.4, 0.5) is 4.39 Å². The molecule has 0 unspecified atom stereocenters. The Kier molecular flexibility index (Phi) is 7.30. The van der Waals surface area contributed by atoms with Crippen LogP contribution >= 0.6 is 0 Å². The van der Waals surface area contributed by atoms with Crippen LogP contribution in [0.5, 0.6) is 11.6 Å². The number of hydrogen-bond acceptors (Lipinski definition) is 5. The lowest BCUT2D eigenvalue weighted by Crippen LogP contribution is -2.37. The summed E-state index contributed by atoms with van der Waals surface area (Å²) in [4.78, 5) is 2.44. The van der Waals surface area contributed by atoms with Gasteiger partial charge >= 0.3 is 0 Å². The Morgan fingerprint density at radius 3 is 2.55 bits per heavy atom. The quantitative estimate of drug-likeness (QED) is 0.528.